The molecule has 15 heavy (non-hydrogen) atoms. The third kappa shape index (κ3) is 2.71. The molecule has 2 fully saturated rings. The summed E-state index contributed by atoms with van der Waals surface area (Å²) >= 11 is 0. The van der Waals surface area contributed by atoms with E-state index in [1.54, 1.807) is 0 Å². The first-order chi connectivity index (χ1) is 7.09. The zero-order valence-electron chi connectivity index (χ0n) is 10.00. The fourth-order valence-electron chi connectivity index (χ4n) is 2.89. The zero-order valence-corrected chi connectivity index (χ0v) is 10.00. The van der Waals surface area contributed by atoms with Crippen LogP contribution in [-0.2, 0) is 0 Å². The number of β-amino-alcohol motifs (C(OH)–C–C–N with tert-alkyl or cyclic N) is 1. The van der Waals surface area contributed by atoms with E-state index >= 15 is 0 Å². The lowest BCUT2D eigenvalue weighted by Crippen LogP contribution is -2.57. The molecular formula is C12H24N2O. The second kappa shape index (κ2) is 4.40. The van der Waals surface area contributed by atoms with Crippen LogP contribution in [0, 0.1) is 0 Å². The van der Waals surface area contributed by atoms with E-state index in [1.165, 1.54) is 12.8 Å². The predicted molar refractivity (Wildman–Crippen MR) is 61.9 cm³/mol. The Hall–Kier alpha value is -0.120. The van der Waals surface area contributed by atoms with Gasteiger partial charge in [-0.25, -0.2) is 0 Å². The van der Waals surface area contributed by atoms with E-state index < -0.39 is 0 Å². The van der Waals surface area contributed by atoms with Gasteiger partial charge in [0, 0.05) is 31.7 Å². The van der Waals surface area contributed by atoms with Crippen molar-refractivity contribution in [3.8, 4) is 0 Å². The van der Waals surface area contributed by atoms with Crippen molar-refractivity contribution in [1.29, 1.82) is 0 Å². The molecule has 2 atom stereocenters. The molecular weight excluding hydrogens is 188 g/mol. The van der Waals surface area contributed by atoms with Gasteiger partial charge in [0.25, 0.3) is 0 Å². The van der Waals surface area contributed by atoms with Crippen molar-refractivity contribution < 1.29 is 5.11 Å². The Morgan fingerprint density at radius 2 is 2.00 bits per heavy atom. The van der Waals surface area contributed by atoms with Gasteiger partial charge in [-0.05, 0) is 26.7 Å². The third-order valence-electron chi connectivity index (χ3n) is 3.93. The fourth-order valence-corrected chi connectivity index (χ4v) is 2.89. The maximum Gasteiger partial charge on any atom is 0.0774 e. The summed E-state index contributed by atoms with van der Waals surface area (Å²) in [4.78, 5) is 2.45. The maximum absolute atomic E-state index is 10.4. The molecule has 0 aromatic carbocycles. The highest BCUT2D eigenvalue weighted by molar-refractivity contribution is 4.91. The number of rotatable bonds is 2. The minimum absolute atomic E-state index is 0.384. The SMILES string of the molecule is CC1CN(CC2(O)CCCC2)C(C)CN1. The third-order valence-corrected chi connectivity index (χ3v) is 3.93. The van der Waals surface area contributed by atoms with Gasteiger partial charge < -0.3 is 10.4 Å². The van der Waals surface area contributed by atoms with Crippen molar-refractivity contribution in [2.75, 3.05) is 19.6 Å². The molecule has 1 saturated heterocycles. The van der Waals surface area contributed by atoms with Crippen LogP contribution in [0.25, 0.3) is 0 Å². The quantitative estimate of drug-likeness (QED) is 0.716. The Morgan fingerprint density at radius 1 is 1.33 bits per heavy atom. The average molecular weight is 212 g/mol. The first-order valence-corrected chi connectivity index (χ1v) is 6.29. The Kier molecular flexibility index (Phi) is 3.33. The molecule has 88 valence electrons. The minimum Gasteiger partial charge on any atom is -0.389 e. The van der Waals surface area contributed by atoms with Gasteiger partial charge in [0.05, 0.1) is 5.60 Å². The summed E-state index contributed by atoms with van der Waals surface area (Å²) in [6.45, 7) is 7.47. The van der Waals surface area contributed by atoms with Gasteiger partial charge in [0.2, 0.25) is 0 Å². The summed E-state index contributed by atoms with van der Waals surface area (Å²) < 4.78 is 0. The van der Waals surface area contributed by atoms with Crippen molar-refractivity contribution >= 4 is 0 Å². The van der Waals surface area contributed by atoms with Crippen molar-refractivity contribution in [1.82, 2.24) is 10.2 Å². The monoisotopic (exact) mass is 212 g/mol. The molecule has 3 nitrogen and oxygen atoms in total. The summed E-state index contributed by atoms with van der Waals surface area (Å²) in [5.74, 6) is 0. The standard InChI is InChI=1S/C12H24N2O/c1-10-8-14(11(2)7-13-10)9-12(15)5-3-4-6-12/h10-11,13,15H,3-9H2,1-2H3. The smallest absolute Gasteiger partial charge is 0.0774 e. The molecule has 0 radical (unpaired) electrons. The summed E-state index contributed by atoms with van der Waals surface area (Å²) in [6, 6.07) is 1.12. The van der Waals surface area contributed by atoms with Crippen LogP contribution in [0.2, 0.25) is 0 Å². The van der Waals surface area contributed by atoms with Crippen LogP contribution < -0.4 is 5.32 Å². The molecule has 1 heterocycles. The van der Waals surface area contributed by atoms with E-state index in [0.29, 0.717) is 12.1 Å². The molecule has 0 spiro atoms. The van der Waals surface area contributed by atoms with Crippen molar-refractivity contribution in [2.45, 2.75) is 57.2 Å². The first kappa shape index (κ1) is 11.4. The van der Waals surface area contributed by atoms with Gasteiger partial charge in [-0.3, -0.25) is 4.90 Å². The molecule has 1 saturated carbocycles. The highest BCUT2D eigenvalue weighted by Crippen LogP contribution is 2.30. The Bertz CT molecular complexity index is 214. The van der Waals surface area contributed by atoms with Crippen molar-refractivity contribution in [3.63, 3.8) is 0 Å². The highest BCUT2D eigenvalue weighted by Gasteiger charge is 2.35. The number of aliphatic hydroxyl groups is 1. The van der Waals surface area contributed by atoms with E-state index in [1.807, 2.05) is 0 Å². The largest absolute Gasteiger partial charge is 0.389 e. The zero-order chi connectivity index (χ0) is 10.9. The second-order valence-corrected chi connectivity index (χ2v) is 5.52. The lowest BCUT2D eigenvalue weighted by atomic mass is 9.99. The van der Waals surface area contributed by atoms with E-state index in [9.17, 15) is 5.11 Å². The number of piperazine rings is 1. The van der Waals surface area contributed by atoms with E-state index in [2.05, 4.69) is 24.1 Å². The van der Waals surface area contributed by atoms with Gasteiger partial charge in [0.15, 0.2) is 0 Å². The van der Waals surface area contributed by atoms with Gasteiger partial charge in [-0.15, -0.1) is 0 Å². The molecule has 2 rings (SSSR count). The van der Waals surface area contributed by atoms with Crippen LogP contribution >= 0.6 is 0 Å². The molecule has 0 aromatic rings. The van der Waals surface area contributed by atoms with E-state index in [4.69, 9.17) is 0 Å². The lowest BCUT2D eigenvalue weighted by Gasteiger charge is -2.41. The van der Waals surface area contributed by atoms with Crippen molar-refractivity contribution in [2.24, 2.45) is 0 Å². The second-order valence-electron chi connectivity index (χ2n) is 5.52. The molecule has 0 aromatic heterocycles. The molecule has 0 amide bonds. The number of nitrogens with zero attached hydrogens (tertiary/aromatic N) is 1. The molecule has 2 unspecified atom stereocenters. The summed E-state index contributed by atoms with van der Waals surface area (Å²) in [7, 11) is 0. The molecule has 2 N–H and O–H groups in total. The van der Waals surface area contributed by atoms with Gasteiger partial charge >= 0.3 is 0 Å². The van der Waals surface area contributed by atoms with Crippen LogP contribution in [-0.4, -0.2) is 47.3 Å². The van der Waals surface area contributed by atoms with Crippen LogP contribution in [0.4, 0.5) is 0 Å². The number of nitrogens with one attached hydrogen (secondary N) is 1. The Balaban J connectivity index is 1.91. The van der Waals surface area contributed by atoms with E-state index in [-0.39, 0.29) is 5.60 Å². The molecule has 3 heteroatoms. The normalized spacial score (nSPS) is 37.0. The topological polar surface area (TPSA) is 35.5 Å². The van der Waals surface area contributed by atoms with Gasteiger partial charge in [-0.2, -0.15) is 0 Å². The molecule has 1 aliphatic heterocycles. The highest BCUT2D eigenvalue weighted by atomic mass is 16.3. The van der Waals surface area contributed by atoms with Crippen LogP contribution in [0.5, 0.6) is 0 Å². The van der Waals surface area contributed by atoms with Gasteiger partial charge in [0.1, 0.15) is 0 Å². The van der Waals surface area contributed by atoms with Crippen molar-refractivity contribution in [3.05, 3.63) is 0 Å². The van der Waals surface area contributed by atoms with Crippen LogP contribution in [0.1, 0.15) is 39.5 Å². The fraction of sp³-hybridized carbons (Fsp3) is 1.00. The molecule has 1 aliphatic carbocycles. The Labute approximate surface area is 92.8 Å². The maximum atomic E-state index is 10.4. The van der Waals surface area contributed by atoms with Crippen LogP contribution in [0.15, 0.2) is 0 Å². The number of hydrogen-bond acceptors (Lipinski definition) is 3. The summed E-state index contributed by atoms with van der Waals surface area (Å²) in [5.41, 5.74) is -0.384. The van der Waals surface area contributed by atoms with Crippen LogP contribution in [0.3, 0.4) is 0 Å². The minimum atomic E-state index is -0.384. The lowest BCUT2D eigenvalue weighted by molar-refractivity contribution is -0.0110. The number of hydrogen-bond donors (Lipinski definition) is 2. The molecule has 2 aliphatic rings. The molecule has 0 bridgehead atoms. The van der Waals surface area contributed by atoms with E-state index in [0.717, 1.165) is 32.5 Å². The Morgan fingerprint density at radius 3 is 2.67 bits per heavy atom. The first-order valence-electron chi connectivity index (χ1n) is 6.29. The average Bonchev–Trinajstić information content (AvgIpc) is 2.59. The summed E-state index contributed by atoms with van der Waals surface area (Å²) in [5, 5.41) is 13.9. The predicted octanol–water partition coefficient (Wildman–Crippen LogP) is 0.974. The summed E-state index contributed by atoms with van der Waals surface area (Å²) in [6.07, 6.45) is 4.40. The van der Waals surface area contributed by atoms with Gasteiger partial charge in [-0.1, -0.05) is 12.8 Å².